The Labute approximate surface area is 283 Å². The number of methoxy groups -OCH3 is 1. The molecule has 11 nitrogen and oxygen atoms in total. The van der Waals surface area contributed by atoms with E-state index in [9.17, 15) is 15.2 Å². The minimum atomic E-state index is -1.05. The largest absolute Gasteiger partial charge is 0.489 e. The molecule has 1 atom stereocenters. The van der Waals surface area contributed by atoms with E-state index in [4.69, 9.17) is 33.7 Å². The van der Waals surface area contributed by atoms with Crippen LogP contribution in [0, 0.1) is 11.3 Å². The third kappa shape index (κ3) is 7.12. The molecular weight excluding hydrogens is 624 g/mol. The zero-order chi connectivity index (χ0) is 33.7. The van der Waals surface area contributed by atoms with E-state index in [1.54, 1.807) is 13.2 Å². The van der Waals surface area contributed by atoms with Gasteiger partial charge in [0.05, 0.1) is 60.9 Å². The van der Waals surface area contributed by atoms with E-state index < -0.39 is 5.97 Å². The lowest BCUT2D eigenvalue weighted by atomic mass is 9.99. The second-order valence-electron chi connectivity index (χ2n) is 12.1. The molecule has 0 amide bonds. The van der Waals surface area contributed by atoms with E-state index in [0.29, 0.717) is 80.6 Å². The fraction of sp³-hybridized carbons (Fsp3) is 0.316. The zero-order valence-corrected chi connectivity index (χ0v) is 27.2. The number of nitriles is 1. The number of carboxylic acids is 1. The normalized spacial score (nSPS) is 15.7. The van der Waals surface area contributed by atoms with Crippen molar-refractivity contribution in [3.63, 3.8) is 0 Å². The van der Waals surface area contributed by atoms with Gasteiger partial charge in [-0.15, -0.1) is 0 Å². The van der Waals surface area contributed by atoms with Crippen LogP contribution in [0.25, 0.3) is 22.3 Å². The summed E-state index contributed by atoms with van der Waals surface area (Å²) >= 11 is 0. The average molecular weight is 661 g/mol. The fourth-order valence-corrected chi connectivity index (χ4v) is 6.17. The lowest BCUT2D eigenvalue weighted by Gasteiger charge is -2.27. The van der Waals surface area contributed by atoms with Crippen LogP contribution in [0.4, 0.5) is 0 Å². The number of carbonyl (C=O) groups is 1. The molecule has 7 rings (SSSR count). The molecule has 11 heteroatoms. The van der Waals surface area contributed by atoms with Crippen LogP contribution in [0.5, 0.6) is 11.6 Å². The number of fused-ring (bicyclic) bond motifs is 8. The summed E-state index contributed by atoms with van der Waals surface area (Å²) in [6, 6.07) is 23.1. The number of hydrogen-bond donors (Lipinski definition) is 1. The van der Waals surface area contributed by atoms with E-state index in [1.807, 2.05) is 42.5 Å². The van der Waals surface area contributed by atoms with Crippen LogP contribution in [-0.4, -0.2) is 65.3 Å². The summed E-state index contributed by atoms with van der Waals surface area (Å²) in [7, 11) is 1.59. The van der Waals surface area contributed by atoms with Crippen LogP contribution in [0.15, 0.2) is 66.7 Å². The van der Waals surface area contributed by atoms with Gasteiger partial charge in [0.2, 0.25) is 5.88 Å². The Bertz CT molecular complexity index is 2050. The van der Waals surface area contributed by atoms with Crippen LogP contribution in [-0.2, 0) is 46.8 Å². The Morgan fingerprint density at radius 2 is 1.94 bits per heavy atom. The molecule has 6 bridgehead atoms. The van der Waals surface area contributed by atoms with Crippen LogP contribution in [0.2, 0.25) is 0 Å². The molecule has 2 aliphatic heterocycles. The first-order chi connectivity index (χ1) is 24.0. The number of hydrogen-bond acceptors (Lipinski definition) is 9. The second-order valence-corrected chi connectivity index (χ2v) is 12.1. The molecule has 49 heavy (non-hydrogen) atoms. The van der Waals surface area contributed by atoms with Gasteiger partial charge in [-0.1, -0.05) is 30.3 Å². The van der Waals surface area contributed by atoms with E-state index in [1.165, 1.54) is 6.07 Å². The fourth-order valence-electron chi connectivity index (χ4n) is 6.17. The highest BCUT2D eigenvalue weighted by Crippen LogP contribution is 2.32. The standard InChI is InChI=1S/C38H36N4O7/c1-45-13-14-48-34-18-29(38(43)44)17-33-37(34)41-35(42(33)21-31-10-12-47-31)19-25-7-8-27-16-30(25)23-46-11-9-26-15-24(5-6-28(26)20-39)22-49-36-4-2-3-32(27)40-36/h2-8,15-18,31H,9-14,19,21-23H2,1H3,(H,43,44)/t31-/m0/s1. The quantitative estimate of drug-likeness (QED) is 0.195. The van der Waals surface area contributed by atoms with Gasteiger partial charge in [-0.2, -0.15) is 5.26 Å². The van der Waals surface area contributed by atoms with Gasteiger partial charge in [-0.25, -0.2) is 14.8 Å². The molecule has 4 heterocycles. The smallest absolute Gasteiger partial charge is 0.335 e. The molecule has 250 valence electrons. The van der Waals surface area contributed by atoms with Gasteiger partial charge >= 0.3 is 5.97 Å². The highest BCUT2D eigenvalue weighted by Gasteiger charge is 2.25. The van der Waals surface area contributed by atoms with Crippen molar-refractivity contribution in [2.24, 2.45) is 0 Å². The van der Waals surface area contributed by atoms with Crippen LogP contribution >= 0.6 is 0 Å². The summed E-state index contributed by atoms with van der Waals surface area (Å²) < 4.78 is 31.3. The maximum atomic E-state index is 12.1. The van der Waals surface area contributed by atoms with Crippen LogP contribution in [0.1, 0.15) is 50.4 Å². The van der Waals surface area contributed by atoms with Crippen molar-refractivity contribution in [3.8, 4) is 29.0 Å². The Morgan fingerprint density at radius 1 is 1.04 bits per heavy atom. The highest BCUT2D eigenvalue weighted by molar-refractivity contribution is 5.95. The molecule has 1 saturated heterocycles. The molecule has 0 unspecified atom stereocenters. The van der Waals surface area contributed by atoms with Crippen molar-refractivity contribution >= 4 is 17.0 Å². The highest BCUT2D eigenvalue weighted by atomic mass is 16.5. The molecule has 5 aromatic rings. The number of carboxylic acid groups (broad SMARTS) is 1. The van der Waals surface area contributed by atoms with Crippen molar-refractivity contribution in [2.75, 3.05) is 33.5 Å². The summed E-state index contributed by atoms with van der Waals surface area (Å²) in [6.07, 6.45) is 1.95. The third-order valence-corrected chi connectivity index (χ3v) is 8.89. The van der Waals surface area contributed by atoms with Crippen LogP contribution in [0.3, 0.4) is 0 Å². The molecule has 0 spiro atoms. The van der Waals surface area contributed by atoms with Crippen molar-refractivity contribution in [1.29, 1.82) is 5.26 Å². The van der Waals surface area contributed by atoms with Crippen molar-refractivity contribution in [3.05, 3.63) is 106 Å². The zero-order valence-electron chi connectivity index (χ0n) is 27.2. The topological polar surface area (TPSA) is 138 Å². The van der Waals surface area contributed by atoms with E-state index >= 15 is 0 Å². The van der Waals surface area contributed by atoms with Gasteiger partial charge in [-0.05, 0) is 65.4 Å². The summed E-state index contributed by atoms with van der Waals surface area (Å²) in [5.74, 6) is 0.617. The molecule has 3 aromatic carbocycles. The number of benzene rings is 3. The van der Waals surface area contributed by atoms with Crippen molar-refractivity contribution < 1.29 is 33.6 Å². The summed E-state index contributed by atoms with van der Waals surface area (Å²) in [5.41, 5.74) is 7.53. The summed E-state index contributed by atoms with van der Waals surface area (Å²) in [4.78, 5) is 22.0. The molecule has 2 aromatic heterocycles. The minimum Gasteiger partial charge on any atom is -0.489 e. The lowest BCUT2D eigenvalue weighted by Crippen LogP contribution is -2.31. The first-order valence-corrected chi connectivity index (χ1v) is 16.3. The Balaban J connectivity index is 1.27. The number of pyridine rings is 1. The predicted molar refractivity (Wildman–Crippen MR) is 180 cm³/mol. The molecule has 0 saturated carbocycles. The first-order valence-electron chi connectivity index (χ1n) is 16.3. The Morgan fingerprint density at radius 3 is 2.73 bits per heavy atom. The van der Waals surface area contributed by atoms with E-state index in [0.717, 1.165) is 45.8 Å². The monoisotopic (exact) mass is 660 g/mol. The van der Waals surface area contributed by atoms with Gasteiger partial charge in [0.25, 0.3) is 0 Å². The summed E-state index contributed by atoms with van der Waals surface area (Å²) in [5, 5.41) is 19.6. The van der Waals surface area contributed by atoms with Gasteiger partial charge < -0.3 is 33.4 Å². The number of rotatable bonds is 9. The van der Waals surface area contributed by atoms with Crippen molar-refractivity contribution in [2.45, 2.75) is 45.1 Å². The number of aromatic carboxylic acids is 1. The number of ether oxygens (including phenoxy) is 5. The first kappa shape index (κ1) is 32.3. The van der Waals surface area contributed by atoms with E-state index in [2.05, 4.69) is 22.8 Å². The predicted octanol–water partition coefficient (Wildman–Crippen LogP) is 5.72. The molecule has 0 radical (unpaired) electrons. The van der Waals surface area contributed by atoms with Gasteiger partial charge in [0.1, 0.15) is 30.3 Å². The van der Waals surface area contributed by atoms with Gasteiger partial charge in [0.15, 0.2) is 0 Å². The maximum Gasteiger partial charge on any atom is 0.335 e. The number of imidazole rings is 1. The molecular formula is C38H36N4O7. The van der Waals surface area contributed by atoms with Gasteiger partial charge in [-0.3, -0.25) is 0 Å². The average Bonchev–Trinajstić information content (AvgIpc) is 3.44. The molecule has 1 fully saturated rings. The third-order valence-electron chi connectivity index (χ3n) is 8.89. The Hall–Kier alpha value is -5.28. The van der Waals surface area contributed by atoms with E-state index in [-0.39, 0.29) is 18.3 Å². The van der Waals surface area contributed by atoms with Crippen molar-refractivity contribution in [1.82, 2.24) is 14.5 Å². The Kier molecular flexibility index (Phi) is 9.52. The number of aromatic nitrogens is 3. The van der Waals surface area contributed by atoms with Crippen LogP contribution < -0.4 is 9.47 Å². The molecule has 1 N–H and O–H groups in total. The summed E-state index contributed by atoms with van der Waals surface area (Å²) in [6.45, 7) is 2.93. The maximum absolute atomic E-state index is 12.1. The second kappa shape index (κ2) is 14.5. The molecule has 2 aliphatic rings. The lowest BCUT2D eigenvalue weighted by molar-refractivity contribution is -0.0589. The number of nitrogens with zero attached hydrogens (tertiary/aromatic N) is 4. The minimum absolute atomic E-state index is 0.00712. The van der Waals surface area contributed by atoms with Gasteiger partial charge in [0, 0.05) is 31.8 Å². The molecule has 0 aliphatic carbocycles. The SMILES string of the molecule is COCCOc1cc(C(=O)O)cc2c1nc(Cc1ccc3cc1COCCc1cc(ccc1C#N)COc1cccc-3n1)n2C[C@@H]1CCO1.